The summed E-state index contributed by atoms with van der Waals surface area (Å²) >= 11 is 0. The Kier molecular flexibility index (Phi) is 3.96. The molecule has 0 heterocycles. The average Bonchev–Trinajstić information content (AvgIpc) is 2.13. The van der Waals surface area contributed by atoms with Crippen LogP contribution in [0.25, 0.3) is 0 Å². The van der Waals surface area contributed by atoms with Gasteiger partial charge in [0.25, 0.3) is 0 Å². The normalized spacial score (nSPS) is 27.0. The summed E-state index contributed by atoms with van der Waals surface area (Å²) in [5, 5.41) is 0. The second-order valence-corrected chi connectivity index (χ2v) is 5.21. The molecular weight excluding hydrogens is 220 g/mol. The van der Waals surface area contributed by atoms with Gasteiger partial charge >= 0.3 is 11.9 Å². The van der Waals surface area contributed by atoms with E-state index in [1.165, 1.54) is 14.0 Å². The number of methoxy groups -OCH3 is 1. The first kappa shape index (κ1) is 13.7. The van der Waals surface area contributed by atoms with Crippen LogP contribution in [-0.4, -0.2) is 25.2 Å². The van der Waals surface area contributed by atoms with E-state index < -0.39 is 0 Å². The van der Waals surface area contributed by atoms with Gasteiger partial charge in [-0.3, -0.25) is 9.59 Å². The molecule has 4 heteroatoms. The van der Waals surface area contributed by atoms with Gasteiger partial charge in [0, 0.05) is 6.92 Å². The van der Waals surface area contributed by atoms with Crippen LogP contribution in [0.4, 0.5) is 0 Å². The average molecular weight is 240 g/mol. The Morgan fingerprint density at radius 3 is 2.41 bits per heavy atom. The van der Waals surface area contributed by atoms with Gasteiger partial charge in [-0.25, -0.2) is 0 Å². The molecule has 0 saturated carbocycles. The maximum atomic E-state index is 11.8. The van der Waals surface area contributed by atoms with Crippen molar-refractivity contribution < 1.29 is 19.1 Å². The highest BCUT2D eigenvalue weighted by Crippen LogP contribution is 2.42. The third kappa shape index (κ3) is 3.08. The highest BCUT2D eigenvalue weighted by Gasteiger charge is 2.42. The third-order valence-corrected chi connectivity index (χ3v) is 3.17. The van der Waals surface area contributed by atoms with Gasteiger partial charge in [-0.2, -0.15) is 0 Å². The highest BCUT2D eigenvalue weighted by molar-refractivity contribution is 5.77. The van der Waals surface area contributed by atoms with Gasteiger partial charge in [0.2, 0.25) is 0 Å². The fourth-order valence-electron chi connectivity index (χ4n) is 2.61. The van der Waals surface area contributed by atoms with Crippen LogP contribution in [-0.2, 0) is 19.1 Å². The fraction of sp³-hybridized carbons (Fsp3) is 0.692. The molecule has 0 bridgehead atoms. The van der Waals surface area contributed by atoms with E-state index in [4.69, 9.17) is 9.47 Å². The minimum Gasteiger partial charge on any atom is -0.469 e. The molecule has 0 amide bonds. The Morgan fingerprint density at radius 2 is 2.00 bits per heavy atom. The molecule has 0 aliphatic heterocycles. The molecule has 1 rings (SSSR count). The Morgan fingerprint density at radius 1 is 1.41 bits per heavy atom. The molecule has 0 aromatic rings. The van der Waals surface area contributed by atoms with E-state index in [0.717, 1.165) is 5.57 Å². The minimum absolute atomic E-state index is 0.231. The van der Waals surface area contributed by atoms with E-state index in [0.29, 0.717) is 6.42 Å². The topological polar surface area (TPSA) is 52.6 Å². The lowest BCUT2D eigenvalue weighted by Gasteiger charge is -2.39. The molecule has 0 N–H and O–H groups in total. The number of rotatable bonds is 2. The van der Waals surface area contributed by atoms with Crippen molar-refractivity contribution in [1.82, 2.24) is 0 Å². The van der Waals surface area contributed by atoms with E-state index in [9.17, 15) is 9.59 Å². The summed E-state index contributed by atoms with van der Waals surface area (Å²) < 4.78 is 10.0. The number of carbonyl (C=O) groups excluding carboxylic acids is 2. The zero-order chi connectivity index (χ0) is 13.2. The number of hydrogen-bond acceptors (Lipinski definition) is 4. The van der Waals surface area contributed by atoms with Crippen molar-refractivity contribution in [3.8, 4) is 0 Å². The van der Waals surface area contributed by atoms with Crippen molar-refractivity contribution in [2.45, 2.75) is 40.2 Å². The maximum Gasteiger partial charge on any atom is 0.313 e. The zero-order valence-corrected chi connectivity index (χ0v) is 11.1. The van der Waals surface area contributed by atoms with Gasteiger partial charge in [0.1, 0.15) is 6.10 Å². The van der Waals surface area contributed by atoms with E-state index in [1.807, 2.05) is 26.8 Å². The lowest BCUT2D eigenvalue weighted by Crippen LogP contribution is -2.40. The van der Waals surface area contributed by atoms with Gasteiger partial charge < -0.3 is 9.47 Å². The number of carbonyl (C=O) groups is 2. The number of ether oxygens (including phenoxy) is 2. The number of hydrogen-bond donors (Lipinski definition) is 0. The molecule has 17 heavy (non-hydrogen) atoms. The minimum atomic E-state index is -0.300. The molecule has 2 atom stereocenters. The monoisotopic (exact) mass is 240 g/mol. The van der Waals surface area contributed by atoms with Crippen LogP contribution < -0.4 is 0 Å². The first-order chi connectivity index (χ1) is 7.77. The van der Waals surface area contributed by atoms with Crippen LogP contribution in [0.3, 0.4) is 0 Å². The lowest BCUT2D eigenvalue weighted by molar-refractivity contribution is -0.151. The van der Waals surface area contributed by atoms with Crippen molar-refractivity contribution in [3.05, 3.63) is 11.6 Å². The predicted octanol–water partition coefficient (Wildman–Crippen LogP) is 2.08. The van der Waals surface area contributed by atoms with Gasteiger partial charge in [-0.05, 0) is 24.8 Å². The van der Waals surface area contributed by atoms with E-state index in [2.05, 4.69) is 0 Å². The quantitative estimate of drug-likeness (QED) is 0.548. The molecular formula is C13H20O4. The molecule has 0 fully saturated rings. The van der Waals surface area contributed by atoms with Crippen LogP contribution in [0.5, 0.6) is 0 Å². The molecule has 0 saturated heterocycles. The second kappa shape index (κ2) is 4.90. The zero-order valence-electron chi connectivity index (χ0n) is 11.1. The van der Waals surface area contributed by atoms with Gasteiger partial charge in [0.15, 0.2) is 0 Å². The van der Waals surface area contributed by atoms with Crippen LogP contribution in [0.1, 0.15) is 34.1 Å². The summed E-state index contributed by atoms with van der Waals surface area (Å²) in [6, 6.07) is 0. The standard InChI is InChI=1S/C13H20O4/c1-8-6-10(17-9(2)14)7-13(3,4)11(8)12(15)16-5/h6,10-11H,7H2,1-5H3. The Labute approximate surface area is 102 Å². The predicted molar refractivity (Wildman–Crippen MR) is 63.2 cm³/mol. The molecule has 4 nitrogen and oxygen atoms in total. The molecule has 0 radical (unpaired) electrons. The molecule has 0 aromatic heterocycles. The van der Waals surface area contributed by atoms with Crippen molar-refractivity contribution in [2.75, 3.05) is 7.11 Å². The molecule has 0 aromatic carbocycles. The Balaban J connectivity index is 2.97. The fourth-order valence-corrected chi connectivity index (χ4v) is 2.61. The van der Waals surface area contributed by atoms with E-state index in [1.54, 1.807) is 0 Å². The van der Waals surface area contributed by atoms with Crippen molar-refractivity contribution in [1.29, 1.82) is 0 Å². The summed E-state index contributed by atoms with van der Waals surface area (Å²) in [6.45, 7) is 7.24. The lowest BCUT2D eigenvalue weighted by atomic mass is 9.68. The SMILES string of the molecule is COC(=O)C1C(C)=CC(OC(C)=O)CC1(C)C. The van der Waals surface area contributed by atoms with Gasteiger partial charge in [-0.1, -0.05) is 19.4 Å². The third-order valence-electron chi connectivity index (χ3n) is 3.17. The van der Waals surface area contributed by atoms with Crippen LogP contribution in [0.15, 0.2) is 11.6 Å². The number of esters is 2. The molecule has 0 spiro atoms. The molecule has 1 aliphatic rings. The Bertz CT molecular complexity index is 354. The van der Waals surface area contributed by atoms with Crippen molar-refractivity contribution in [3.63, 3.8) is 0 Å². The van der Waals surface area contributed by atoms with Crippen LogP contribution in [0.2, 0.25) is 0 Å². The first-order valence-corrected chi connectivity index (χ1v) is 5.71. The summed E-state index contributed by atoms with van der Waals surface area (Å²) in [7, 11) is 1.39. The van der Waals surface area contributed by atoms with Gasteiger partial charge in [0.05, 0.1) is 13.0 Å². The molecule has 96 valence electrons. The summed E-state index contributed by atoms with van der Waals surface area (Å²) in [5.41, 5.74) is 0.630. The first-order valence-electron chi connectivity index (χ1n) is 5.71. The summed E-state index contributed by atoms with van der Waals surface area (Å²) in [4.78, 5) is 22.7. The van der Waals surface area contributed by atoms with E-state index >= 15 is 0 Å². The second-order valence-electron chi connectivity index (χ2n) is 5.21. The molecule has 2 unspecified atom stereocenters. The Hall–Kier alpha value is -1.32. The van der Waals surface area contributed by atoms with E-state index in [-0.39, 0.29) is 29.4 Å². The molecule has 1 aliphatic carbocycles. The summed E-state index contributed by atoms with van der Waals surface area (Å²) in [6.07, 6.45) is 2.22. The maximum absolute atomic E-state index is 11.8. The van der Waals surface area contributed by atoms with Crippen LogP contribution in [0, 0.1) is 11.3 Å². The largest absolute Gasteiger partial charge is 0.469 e. The van der Waals surface area contributed by atoms with Crippen molar-refractivity contribution >= 4 is 11.9 Å². The van der Waals surface area contributed by atoms with Crippen LogP contribution >= 0.6 is 0 Å². The highest BCUT2D eigenvalue weighted by atomic mass is 16.5. The van der Waals surface area contributed by atoms with Gasteiger partial charge in [-0.15, -0.1) is 0 Å². The van der Waals surface area contributed by atoms with Crippen molar-refractivity contribution in [2.24, 2.45) is 11.3 Å². The summed E-state index contributed by atoms with van der Waals surface area (Å²) in [5.74, 6) is -0.796. The smallest absolute Gasteiger partial charge is 0.313 e.